The molecule has 0 radical (unpaired) electrons. The van der Waals surface area contributed by atoms with Crippen LogP contribution in [0.15, 0.2) is 97.1 Å². The van der Waals surface area contributed by atoms with E-state index in [0.29, 0.717) is 17.8 Å². The van der Waals surface area contributed by atoms with Gasteiger partial charge in [-0.15, -0.1) is 24.8 Å². The molecule has 0 fully saturated rings. The van der Waals surface area contributed by atoms with E-state index in [-0.39, 0.29) is 50.7 Å². The molecule has 0 N–H and O–H groups in total. The molecule has 4 aromatic rings. The van der Waals surface area contributed by atoms with Crippen LogP contribution in [-0.2, 0) is 25.8 Å². The third-order valence-corrected chi connectivity index (χ3v) is 6.82. The molecule has 31 heavy (non-hydrogen) atoms. The van der Waals surface area contributed by atoms with Gasteiger partial charge in [-0.1, -0.05) is 104 Å². The minimum Gasteiger partial charge on any atom is -0.147 e. The van der Waals surface area contributed by atoms with Crippen molar-refractivity contribution in [3.63, 3.8) is 0 Å². The molecule has 0 nitrogen and oxygen atoms in total. The SMILES string of the molecule is CC(C1c2ccccc2-c2ccccc21)C1c2ccccc2-c2ccccc21.Cl.Cl.[Hf]. The van der Waals surface area contributed by atoms with Crippen molar-refractivity contribution in [2.45, 2.75) is 18.8 Å². The van der Waals surface area contributed by atoms with Crippen LogP contribution < -0.4 is 0 Å². The summed E-state index contributed by atoms with van der Waals surface area (Å²) < 4.78 is 0. The van der Waals surface area contributed by atoms with Crippen molar-refractivity contribution >= 4 is 24.8 Å². The Balaban J connectivity index is 0.000000907. The van der Waals surface area contributed by atoms with Gasteiger partial charge in [0.1, 0.15) is 0 Å². The molecule has 3 heteroatoms. The second kappa shape index (κ2) is 9.45. The number of hydrogen-bond donors (Lipinski definition) is 0. The summed E-state index contributed by atoms with van der Waals surface area (Å²) >= 11 is 0. The van der Waals surface area contributed by atoms with Crippen LogP contribution >= 0.6 is 24.8 Å². The van der Waals surface area contributed by atoms with Gasteiger partial charge in [0.25, 0.3) is 0 Å². The zero-order chi connectivity index (χ0) is 18.7. The fourth-order valence-electron chi connectivity index (χ4n) is 5.71. The van der Waals surface area contributed by atoms with Crippen molar-refractivity contribution in [2.24, 2.45) is 5.92 Å². The van der Waals surface area contributed by atoms with Crippen LogP contribution in [0.3, 0.4) is 0 Å². The molecule has 0 atom stereocenters. The molecule has 2 aliphatic rings. The molecule has 0 saturated carbocycles. The molecule has 6 rings (SSSR count). The van der Waals surface area contributed by atoms with Gasteiger partial charge in [0, 0.05) is 37.7 Å². The van der Waals surface area contributed by atoms with E-state index in [1.54, 1.807) is 0 Å². The van der Waals surface area contributed by atoms with Gasteiger partial charge in [0.05, 0.1) is 0 Å². The monoisotopic (exact) mass is 610 g/mol. The van der Waals surface area contributed by atoms with Gasteiger partial charge in [-0.25, -0.2) is 0 Å². The van der Waals surface area contributed by atoms with Crippen molar-refractivity contribution < 1.29 is 25.8 Å². The Morgan fingerprint density at radius 1 is 0.452 bits per heavy atom. The van der Waals surface area contributed by atoms with E-state index < -0.39 is 0 Å². The Bertz CT molecular complexity index is 1030. The van der Waals surface area contributed by atoms with Crippen LogP contribution in [0.1, 0.15) is 41.0 Å². The average Bonchev–Trinajstić information content (AvgIpc) is 3.27. The Morgan fingerprint density at radius 3 is 0.935 bits per heavy atom. The summed E-state index contributed by atoms with van der Waals surface area (Å²) in [5.41, 5.74) is 11.6. The molecule has 0 spiro atoms. The van der Waals surface area contributed by atoms with E-state index >= 15 is 0 Å². The average molecular weight is 610 g/mol. The summed E-state index contributed by atoms with van der Waals surface area (Å²) in [4.78, 5) is 0. The first-order chi connectivity index (χ1) is 13.8. The van der Waals surface area contributed by atoms with Gasteiger partial charge in [-0.05, 0) is 50.4 Å². The van der Waals surface area contributed by atoms with Crippen LogP contribution in [0.4, 0.5) is 0 Å². The van der Waals surface area contributed by atoms with E-state index in [1.807, 2.05) is 0 Å². The van der Waals surface area contributed by atoms with Crippen LogP contribution in [0, 0.1) is 5.92 Å². The van der Waals surface area contributed by atoms with Gasteiger partial charge < -0.3 is 0 Å². The zero-order valence-electron chi connectivity index (χ0n) is 17.3. The molecule has 4 aromatic carbocycles. The second-order valence-electron chi connectivity index (χ2n) is 8.16. The summed E-state index contributed by atoms with van der Waals surface area (Å²) in [6.07, 6.45) is 0. The summed E-state index contributed by atoms with van der Waals surface area (Å²) in [5.74, 6) is 1.34. The first kappa shape index (κ1) is 24.0. The quantitative estimate of drug-likeness (QED) is 0.202. The molecular weight excluding hydrogens is 586 g/mol. The molecule has 0 aliphatic heterocycles. The number of benzene rings is 4. The molecule has 2 aliphatic carbocycles. The van der Waals surface area contributed by atoms with E-state index in [2.05, 4.69) is 104 Å². The number of halogens is 2. The normalized spacial score (nSPS) is 13.2. The minimum atomic E-state index is 0. The van der Waals surface area contributed by atoms with Gasteiger partial charge >= 0.3 is 0 Å². The summed E-state index contributed by atoms with van der Waals surface area (Å²) in [7, 11) is 0. The van der Waals surface area contributed by atoms with Crippen molar-refractivity contribution in [3.05, 3.63) is 119 Å². The summed E-state index contributed by atoms with van der Waals surface area (Å²) in [6, 6.07) is 36.0. The molecule has 0 aromatic heterocycles. The van der Waals surface area contributed by atoms with Crippen molar-refractivity contribution in [2.75, 3.05) is 0 Å². The maximum atomic E-state index is 2.45. The maximum Gasteiger partial charge on any atom is 0.0136 e. The number of hydrogen-bond acceptors (Lipinski definition) is 0. The van der Waals surface area contributed by atoms with Crippen molar-refractivity contribution in [1.29, 1.82) is 0 Å². The predicted octanol–water partition coefficient (Wildman–Crippen LogP) is 8.09. The standard InChI is InChI=1S/C28H22.2ClH.Hf/c1-18(27-23-14-6-2-10-19(23)20-11-3-7-15-24(20)27)28-25-16-8-4-12-21(25)22-13-5-9-17-26(22)28;;;/h2-18,27-28H,1H3;2*1H;. The Kier molecular flexibility index (Phi) is 7.31. The molecule has 0 amide bonds. The largest absolute Gasteiger partial charge is 0.147 e. The summed E-state index contributed by atoms with van der Waals surface area (Å²) in [5, 5.41) is 0. The third-order valence-electron chi connectivity index (χ3n) is 6.82. The van der Waals surface area contributed by atoms with Crippen molar-refractivity contribution in [3.8, 4) is 22.3 Å². The summed E-state index contributed by atoms with van der Waals surface area (Å²) in [6.45, 7) is 2.45. The van der Waals surface area contributed by atoms with Crippen molar-refractivity contribution in [1.82, 2.24) is 0 Å². The van der Waals surface area contributed by atoms with Gasteiger partial charge in [-0.3, -0.25) is 0 Å². The first-order valence-electron chi connectivity index (χ1n) is 10.2. The molecular formula is C28H24Cl2Hf. The zero-order valence-corrected chi connectivity index (χ0v) is 22.5. The van der Waals surface area contributed by atoms with Gasteiger partial charge in [0.15, 0.2) is 0 Å². The van der Waals surface area contributed by atoms with Crippen LogP contribution in [-0.4, -0.2) is 0 Å². The number of rotatable bonds is 2. The smallest absolute Gasteiger partial charge is 0.0136 e. The molecule has 0 saturated heterocycles. The Labute approximate surface area is 215 Å². The Morgan fingerprint density at radius 2 is 0.677 bits per heavy atom. The van der Waals surface area contributed by atoms with E-state index in [1.165, 1.54) is 44.5 Å². The maximum absolute atomic E-state index is 2.45. The fraction of sp³-hybridized carbons (Fsp3) is 0.143. The minimum absolute atomic E-state index is 0. The molecule has 0 heterocycles. The number of fused-ring (bicyclic) bond motifs is 6. The van der Waals surface area contributed by atoms with Crippen LogP contribution in [0.5, 0.6) is 0 Å². The van der Waals surface area contributed by atoms with Crippen LogP contribution in [0.2, 0.25) is 0 Å². The Hall–Kier alpha value is -1.67. The first-order valence-corrected chi connectivity index (χ1v) is 10.2. The second-order valence-corrected chi connectivity index (χ2v) is 8.16. The fourth-order valence-corrected chi connectivity index (χ4v) is 5.71. The van der Waals surface area contributed by atoms with E-state index in [9.17, 15) is 0 Å². The van der Waals surface area contributed by atoms with Gasteiger partial charge in [0.2, 0.25) is 0 Å². The van der Waals surface area contributed by atoms with E-state index in [4.69, 9.17) is 0 Å². The third kappa shape index (κ3) is 3.55. The predicted molar refractivity (Wildman–Crippen MR) is 131 cm³/mol. The molecule has 0 bridgehead atoms. The topological polar surface area (TPSA) is 0 Å². The van der Waals surface area contributed by atoms with Crippen LogP contribution in [0.25, 0.3) is 22.3 Å². The molecule has 154 valence electrons. The van der Waals surface area contributed by atoms with Gasteiger partial charge in [-0.2, -0.15) is 0 Å². The van der Waals surface area contributed by atoms with E-state index in [0.717, 1.165) is 0 Å². The molecule has 0 unspecified atom stereocenters.